The number of rotatable bonds is 7. The van der Waals surface area contributed by atoms with Gasteiger partial charge in [-0.3, -0.25) is 4.79 Å². The van der Waals surface area contributed by atoms with Crippen LogP contribution in [-0.2, 0) is 15.7 Å². The summed E-state index contributed by atoms with van der Waals surface area (Å²) in [5.74, 6) is 1.28. The summed E-state index contributed by atoms with van der Waals surface area (Å²) in [7, 11) is 0.289. The number of unbranched alkanes of at least 4 members (excludes halogenated alkanes) is 1. The summed E-state index contributed by atoms with van der Waals surface area (Å²) >= 11 is 0. The quantitative estimate of drug-likeness (QED) is 0.599. The molecule has 0 aliphatic carbocycles. The average Bonchev–Trinajstić information content (AvgIpc) is 2.09. The van der Waals surface area contributed by atoms with Crippen LogP contribution in [0.25, 0.3) is 0 Å². The third-order valence-electron chi connectivity index (χ3n) is 2.35. The number of carbonyl (C=O) groups excluding carboxylic acids is 1. The highest BCUT2D eigenvalue weighted by atomic mass is 32.2. The van der Waals surface area contributed by atoms with E-state index >= 15 is 0 Å². The fourth-order valence-corrected chi connectivity index (χ4v) is 3.78. The molecule has 0 aliphatic rings. The molecule has 0 spiro atoms. The van der Waals surface area contributed by atoms with Crippen molar-refractivity contribution in [3.63, 3.8) is 0 Å². The van der Waals surface area contributed by atoms with E-state index in [-0.39, 0.29) is 10.9 Å². The van der Waals surface area contributed by atoms with Gasteiger partial charge in [-0.25, -0.2) is 0 Å². The van der Waals surface area contributed by atoms with Crippen molar-refractivity contribution in [3.05, 3.63) is 0 Å². The Balaban J connectivity index is 3.97. The molecular formula is C12H25OS+. The number of hydrogen-bond acceptors (Lipinski definition) is 1. The Morgan fingerprint density at radius 2 is 1.64 bits per heavy atom. The Bertz CT molecular complexity index is 156. The fourth-order valence-electron chi connectivity index (χ4n) is 1.51. The third kappa shape index (κ3) is 5.69. The van der Waals surface area contributed by atoms with E-state index in [0.717, 1.165) is 25.0 Å². The average molecular weight is 217 g/mol. The normalized spacial score (nSPS) is 11.7. The molecule has 0 aliphatic heterocycles. The maximum Gasteiger partial charge on any atom is 0.181 e. The van der Waals surface area contributed by atoms with Gasteiger partial charge in [0.25, 0.3) is 0 Å². The first kappa shape index (κ1) is 14.0. The van der Waals surface area contributed by atoms with E-state index in [1.165, 1.54) is 0 Å². The highest BCUT2D eigenvalue weighted by molar-refractivity contribution is 7.98. The predicted octanol–water partition coefficient (Wildman–Crippen LogP) is 3.18. The van der Waals surface area contributed by atoms with Crippen LogP contribution in [0, 0.1) is 0 Å². The number of carbonyl (C=O) groups is 1. The molecule has 0 unspecified atom stereocenters. The van der Waals surface area contributed by atoms with Crippen molar-refractivity contribution in [2.45, 2.75) is 64.4 Å². The lowest BCUT2D eigenvalue weighted by atomic mass is 10.2. The fraction of sp³-hybridized carbons (Fsp3) is 0.917. The van der Waals surface area contributed by atoms with Crippen molar-refractivity contribution in [2.75, 3.05) is 5.75 Å². The van der Waals surface area contributed by atoms with Crippen LogP contribution in [0.1, 0.15) is 53.9 Å². The van der Waals surface area contributed by atoms with Gasteiger partial charge in [0.1, 0.15) is 10.5 Å². The molecule has 2 heteroatoms. The Morgan fingerprint density at radius 1 is 1.14 bits per heavy atom. The van der Waals surface area contributed by atoms with Gasteiger partial charge in [0.15, 0.2) is 11.5 Å². The number of ketones is 1. The van der Waals surface area contributed by atoms with Gasteiger partial charge < -0.3 is 0 Å². The summed E-state index contributed by atoms with van der Waals surface area (Å²) in [6.45, 7) is 11.1. The van der Waals surface area contributed by atoms with E-state index < -0.39 is 0 Å². The monoisotopic (exact) mass is 217 g/mol. The molecular weight excluding hydrogens is 192 g/mol. The highest BCUT2D eigenvalue weighted by Gasteiger charge is 2.29. The maximum absolute atomic E-state index is 11.6. The molecule has 0 amide bonds. The molecule has 0 atom stereocenters. The molecule has 0 N–H and O–H groups in total. The van der Waals surface area contributed by atoms with E-state index in [1.54, 1.807) is 0 Å². The minimum atomic E-state index is 0.289. The van der Waals surface area contributed by atoms with Crippen LogP contribution < -0.4 is 0 Å². The molecule has 0 aromatic rings. The van der Waals surface area contributed by atoms with Gasteiger partial charge in [-0.15, -0.1) is 0 Å². The van der Waals surface area contributed by atoms with Crippen LogP contribution >= 0.6 is 0 Å². The summed E-state index contributed by atoms with van der Waals surface area (Å²) in [5.41, 5.74) is 0. The minimum absolute atomic E-state index is 0.289. The maximum atomic E-state index is 11.6. The molecule has 14 heavy (non-hydrogen) atoms. The second kappa shape index (κ2) is 7.33. The van der Waals surface area contributed by atoms with Crippen molar-refractivity contribution >= 4 is 16.7 Å². The predicted molar refractivity (Wildman–Crippen MR) is 67.0 cm³/mol. The van der Waals surface area contributed by atoms with Crippen LogP contribution in [0.5, 0.6) is 0 Å². The Morgan fingerprint density at radius 3 is 2.00 bits per heavy atom. The van der Waals surface area contributed by atoms with E-state index in [1.807, 2.05) is 0 Å². The lowest BCUT2D eigenvalue weighted by Gasteiger charge is -2.14. The Hall–Kier alpha value is 0.0200. The third-order valence-corrected chi connectivity index (χ3v) is 5.43. The first-order valence-corrected chi connectivity index (χ1v) is 7.21. The lowest BCUT2D eigenvalue weighted by molar-refractivity contribution is -0.116. The zero-order chi connectivity index (χ0) is 11.1. The molecule has 0 bridgehead atoms. The molecule has 0 heterocycles. The zero-order valence-electron chi connectivity index (χ0n) is 10.3. The first-order valence-electron chi connectivity index (χ1n) is 5.69. The van der Waals surface area contributed by atoms with Gasteiger partial charge in [-0.1, -0.05) is 13.3 Å². The molecule has 0 saturated carbocycles. The van der Waals surface area contributed by atoms with Gasteiger partial charge in [0.2, 0.25) is 0 Å². The van der Waals surface area contributed by atoms with Crippen LogP contribution in [0.2, 0.25) is 0 Å². The molecule has 0 saturated heterocycles. The van der Waals surface area contributed by atoms with E-state index in [2.05, 4.69) is 34.6 Å². The first-order chi connectivity index (χ1) is 6.49. The topological polar surface area (TPSA) is 17.1 Å². The molecule has 0 radical (unpaired) electrons. The summed E-state index contributed by atoms with van der Waals surface area (Å²) in [5, 5.41) is 1.31. The van der Waals surface area contributed by atoms with E-state index in [0.29, 0.717) is 16.3 Å². The summed E-state index contributed by atoms with van der Waals surface area (Å²) in [6.07, 6.45) is 2.98. The van der Waals surface area contributed by atoms with Gasteiger partial charge in [-0.2, -0.15) is 0 Å². The Kier molecular flexibility index (Phi) is 7.34. The highest BCUT2D eigenvalue weighted by Crippen LogP contribution is 2.14. The van der Waals surface area contributed by atoms with Crippen LogP contribution in [-0.4, -0.2) is 22.0 Å². The van der Waals surface area contributed by atoms with Gasteiger partial charge >= 0.3 is 0 Å². The van der Waals surface area contributed by atoms with Crippen molar-refractivity contribution in [1.82, 2.24) is 0 Å². The van der Waals surface area contributed by atoms with Crippen molar-refractivity contribution in [3.8, 4) is 0 Å². The molecule has 1 nitrogen and oxygen atoms in total. The summed E-state index contributed by atoms with van der Waals surface area (Å²) in [4.78, 5) is 11.6. The van der Waals surface area contributed by atoms with Gasteiger partial charge in [0, 0.05) is 6.42 Å². The number of hydrogen-bond donors (Lipinski definition) is 0. The summed E-state index contributed by atoms with van der Waals surface area (Å²) in [6, 6.07) is 0. The molecule has 0 fully saturated rings. The molecule has 0 aromatic heterocycles. The van der Waals surface area contributed by atoms with Crippen molar-refractivity contribution in [1.29, 1.82) is 0 Å². The SMILES string of the molecule is CCCCC(=O)C[S+](C(C)C)C(C)C. The van der Waals surface area contributed by atoms with E-state index in [9.17, 15) is 4.79 Å². The van der Waals surface area contributed by atoms with Gasteiger partial charge in [0.05, 0.1) is 0 Å². The van der Waals surface area contributed by atoms with Crippen molar-refractivity contribution in [2.24, 2.45) is 0 Å². The minimum Gasteiger partial charge on any atom is -0.294 e. The molecule has 0 rings (SSSR count). The zero-order valence-corrected chi connectivity index (χ0v) is 11.1. The van der Waals surface area contributed by atoms with Gasteiger partial charge in [-0.05, 0) is 45.0 Å². The van der Waals surface area contributed by atoms with Crippen LogP contribution in [0.4, 0.5) is 0 Å². The largest absolute Gasteiger partial charge is 0.294 e. The van der Waals surface area contributed by atoms with Crippen LogP contribution in [0.15, 0.2) is 0 Å². The van der Waals surface area contributed by atoms with Crippen molar-refractivity contribution < 1.29 is 4.79 Å². The van der Waals surface area contributed by atoms with E-state index in [4.69, 9.17) is 0 Å². The van der Waals surface area contributed by atoms with Crippen LogP contribution in [0.3, 0.4) is 0 Å². The lowest BCUT2D eigenvalue weighted by Crippen LogP contribution is -2.31. The second-order valence-electron chi connectivity index (χ2n) is 4.35. The molecule has 0 aromatic carbocycles. The smallest absolute Gasteiger partial charge is 0.181 e. The standard InChI is InChI=1S/C12H25OS/c1-6-7-8-12(13)9-14(10(2)3)11(4)5/h10-11H,6-9H2,1-5H3/q+1. The Labute approximate surface area is 92.0 Å². The molecule has 84 valence electrons. The second-order valence-corrected chi connectivity index (χ2v) is 7.47. The number of Topliss-reactive ketones (excluding diaryl/α,β-unsaturated/α-hetero) is 1. The summed E-state index contributed by atoms with van der Waals surface area (Å²) < 4.78 is 0.